The first kappa shape index (κ1) is 9.16. The monoisotopic (exact) mass is 274 g/mol. The molecule has 11 heavy (non-hydrogen) atoms. The zero-order valence-corrected chi connectivity index (χ0v) is 9.14. The Hall–Kier alpha value is 0.0666. The number of hydrogen-bond acceptors (Lipinski definition) is 1. The van der Waals surface area contributed by atoms with Crippen LogP contribution in [-0.4, -0.2) is 5.91 Å². The fraction of sp³-hybridized carbons (Fsp3) is 0.125. The van der Waals surface area contributed by atoms with Crippen molar-refractivity contribution in [2.24, 2.45) is 0 Å². The minimum atomic E-state index is 0.114. The van der Waals surface area contributed by atoms with Crippen molar-refractivity contribution in [3.63, 3.8) is 0 Å². The zero-order valence-electron chi connectivity index (χ0n) is 6.00. The van der Waals surface area contributed by atoms with Crippen molar-refractivity contribution in [3.8, 4) is 0 Å². The van der Waals surface area contributed by atoms with Gasteiger partial charge in [-0.2, -0.15) is 0 Å². The average molecular weight is 274 g/mol. The van der Waals surface area contributed by atoms with E-state index in [1.807, 2.05) is 30.3 Å². The summed E-state index contributed by atoms with van der Waals surface area (Å²) in [5, 5.41) is 0. The average Bonchev–Trinajstić information content (AvgIpc) is 2.06. The van der Waals surface area contributed by atoms with Gasteiger partial charge in [-0.25, -0.2) is 0 Å². The Bertz CT molecular complexity index is 235. The molecule has 0 radical (unpaired) electrons. The van der Waals surface area contributed by atoms with Gasteiger partial charge in [-0.1, -0.05) is 0 Å². The number of hydrogen-bond donors (Lipinski definition) is 1. The molecule has 0 spiro atoms. The summed E-state index contributed by atoms with van der Waals surface area (Å²) in [5.74, 6) is 0.114. The van der Waals surface area contributed by atoms with E-state index in [4.69, 9.17) is 0 Å². The molecule has 1 aromatic rings. The fourth-order valence-corrected chi connectivity index (χ4v) is 1.10. The molecule has 3 heteroatoms. The number of benzene rings is 1. The van der Waals surface area contributed by atoms with Crippen molar-refractivity contribution < 1.29 is 44.8 Å². The summed E-state index contributed by atoms with van der Waals surface area (Å²) < 4.78 is 2.71. The van der Waals surface area contributed by atoms with Gasteiger partial charge < -0.3 is 0 Å². The second kappa shape index (κ2) is 4.85. The molecule has 0 heterocycles. The molecule has 1 amide bonds. The SMILES string of the molecule is O=C(Cc1ccccc1)[NH][Ce]. The van der Waals surface area contributed by atoms with Crippen molar-refractivity contribution in [2.75, 3.05) is 0 Å². The van der Waals surface area contributed by atoms with Crippen LogP contribution in [-0.2, 0) is 11.2 Å². The Labute approximate surface area is 93.4 Å². The summed E-state index contributed by atoms with van der Waals surface area (Å²) in [6, 6.07) is 9.74. The van der Waals surface area contributed by atoms with Crippen LogP contribution in [0, 0.1) is 40.0 Å². The van der Waals surface area contributed by atoms with Gasteiger partial charge in [-0.15, -0.1) is 0 Å². The molecule has 1 rings (SSSR count). The van der Waals surface area contributed by atoms with Crippen molar-refractivity contribution in [1.82, 2.24) is 1.28 Å². The van der Waals surface area contributed by atoms with Crippen molar-refractivity contribution in [1.29, 1.82) is 0 Å². The Kier molecular flexibility index (Phi) is 4.03. The maximum atomic E-state index is 10.9. The third-order valence-corrected chi connectivity index (χ3v) is 2.22. The van der Waals surface area contributed by atoms with Gasteiger partial charge >= 0.3 is 94.3 Å². The van der Waals surface area contributed by atoms with E-state index in [0.29, 0.717) is 6.42 Å². The van der Waals surface area contributed by atoms with Crippen molar-refractivity contribution in [3.05, 3.63) is 35.9 Å². The zero-order chi connectivity index (χ0) is 8.10. The predicted molar refractivity (Wildman–Crippen MR) is 38.3 cm³/mol. The van der Waals surface area contributed by atoms with E-state index in [1.165, 1.54) is 0 Å². The molecule has 0 saturated carbocycles. The Morgan fingerprint density at radius 1 is 1.36 bits per heavy atom. The molecule has 0 bridgehead atoms. The molecule has 0 aliphatic carbocycles. The van der Waals surface area contributed by atoms with Gasteiger partial charge in [-0.3, -0.25) is 0 Å². The Morgan fingerprint density at radius 2 is 2.00 bits per heavy atom. The van der Waals surface area contributed by atoms with Gasteiger partial charge in [0.15, 0.2) is 0 Å². The van der Waals surface area contributed by atoms with Crippen molar-refractivity contribution in [2.45, 2.75) is 6.42 Å². The van der Waals surface area contributed by atoms with E-state index < -0.39 is 0 Å². The summed E-state index contributed by atoms with van der Waals surface area (Å²) in [6.45, 7) is 0. The predicted octanol–water partition coefficient (Wildman–Crippen LogP) is 0.810. The first-order chi connectivity index (χ1) is 5.33. The normalized spacial score (nSPS) is 9.00. The number of amides is 1. The van der Waals surface area contributed by atoms with Crippen LogP contribution >= 0.6 is 0 Å². The standard InChI is InChI=1S/C8H9NO.Ce/c9-8(10)6-7-4-2-1-3-5-7;/h1-5H,6H2,(H2,9,10);/q;+1/p-1. The second-order valence-electron chi connectivity index (χ2n) is 2.21. The molecule has 0 aliphatic heterocycles. The van der Waals surface area contributed by atoms with E-state index in [9.17, 15) is 4.79 Å². The maximum absolute atomic E-state index is 10.9. The van der Waals surface area contributed by atoms with Gasteiger partial charge in [0.25, 0.3) is 0 Å². The van der Waals surface area contributed by atoms with E-state index in [1.54, 1.807) is 0 Å². The molecule has 0 saturated heterocycles. The van der Waals surface area contributed by atoms with E-state index in [0.717, 1.165) is 45.6 Å². The van der Waals surface area contributed by atoms with E-state index >= 15 is 0 Å². The molecule has 0 aliphatic rings. The van der Waals surface area contributed by atoms with Gasteiger partial charge in [0, 0.05) is 0 Å². The number of carbonyl (C=O) groups excluding carboxylic acids is 1. The van der Waals surface area contributed by atoms with Crippen LogP contribution in [0.3, 0.4) is 0 Å². The molecule has 2 nitrogen and oxygen atoms in total. The molecular weight excluding hydrogens is 266 g/mol. The molecular formula is C8H8CeNO. The summed E-state index contributed by atoms with van der Waals surface area (Å²) in [5.41, 5.74) is 1.07. The number of carbonyl (C=O) groups is 1. The van der Waals surface area contributed by atoms with Crippen LogP contribution in [0.4, 0.5) is 0 Å². The molecule has 0 unspecified atom stereocenters. The molecule has 1 N–H and O–H groups in total. The third kappa shape index (κ3) is 3.31. The van der Waals surface area contributed by atoms with Crippen LogP contribution in [0.5, 0.6) is 0 Å². The Morgan fingerprint density at radius 3 is 2.55 bits per heavy atom. The van der Waals surface area contributed by atoms with Crippen LogP contribution in [0.1, 0.15) is 5.56 Å². The minimum absolute atomic E-state index is 0.114. The van der Waals surface area contributed by atoms with Gasteiger partial charge in [0.05, 0.1) is 0 Å². The van der Waals surface area contributed by atoms with Crippen molar-refractivity contribution >= 4 is 5.91 Å². The number of rotatable bonds is 2. The first-order valence-corrected chi connectivity index (χ1v) is 4.89. The first-order valence-electron chi connectivity index (χ1n) is 3.32. The van der Waals surface area contributed by atoms with Gasteiger partial charge in [0.2, 0.25) is 0 Å². The molecule has 55 valence electrons. The summed E-state index contributed by atoms with van der Waals surface area (Å²) >= 11 is 0.734. The molecule has 0 aromatic heterocycles. The van der Waals surface area contributed by atoms with Crippen LogP contribution in [0.15, 0.2) is 30.3 Å². The Balaban J connectivity index is 2.58. The van der Waals surface area contributed by atoms with Gasteiger partial charge in [0.1, 0.15) is 0 Å². The molecule has 0 atom stereocenters. The number of nitrogens with one attached hydrogen (secondary N) is 1. The summed E-state index contributed by atoms with van der Waals surface area (Å²) in [4.78, 5) is 10.9. The summed E-state index contributed by atoms with van der Waals surface area (Å²) in [7, 11) is 0. The fourth-order valence-electron chi connectivity index (χ4n) is 0.825. The van der Waals surface area contributed by atoms with E-state index in [2.05, 4.69) is 1.28 Å². The second-order valence-corrected chi connectivity index (χ2v) is 3.00. The molecule has 0 fully saturated rings. The third-order valence-electron chi connectivity index (χ3n) is 1.35. The van der Waals surface area contributed by atoms with Crippen LogP contribution in [0.2, 0.25) is 0 Å². The topological polar surface area (TPSA) is 29.1 Å². The van der Waals surface area contributed by atoms with E-state index in [-0.39, 0.29) is 5.91 Å². The van der Waals surface area contributed by atoms with Crippen LogP contribution in [0.25, 0.3) is 0 Å². The molecule has 1 aromatic carbocycles. The van der Waals surface area contributed by atoms with Crippen LogP contribution < -0.4 is 1.28 Å². The summed E-state index contributed by atoms with van der Waals surface area (Å²) in [6.07, 6.45) is 0.504. The van der Waals surface area contributed by atoms with Gasteiger partial charge in [-0.05, 0) is 0 Å². The quantitative estimate of drug-likeness (QED) is 0.849.